The second kappa shape index (κ2) is 10.8. The van der Waals surface area contributed by atoms with E-state index in [1.54, 1.807) is 32.4 Å². The zero-order valence-corrected chi connectivity index (χ0v) is 19.8. The van der Waals surface area contributed by atoms with Crippen LogP contribution in [0.5, 0.6) is 11.5 Å². The molecular formula is C27H27N3O5. The van der Waals surface area contributed by atoms with Crippen molar-refractivity contribution < 1.29 is 19.0 Å². The fraction of sp³-hybridized carbons (Fsp3) is 0.222. The average molecular weight is 474 g/mol. The van der Waals surface area contributed by atoms with E-state index in [2.05, 4.69) is 15.3 Å². The smallest absolute Gasteiger partial charge is 0.337 e. The number of ether oxygens (including phenoxy) is 3. The van der Waals surface area contributed by atoms with E-state index in [0.717, 1.165) is 22.6 Å². The van der Waals surface area contributed by atoms with Crippen LogP contribution in [0.25, 0.3) is 10.9 Å². The lowest BCUT2D eigenvalue weighted by atomic mass is 9.98. The highest BCUT2D eigenvalue weighted by Crippen LogP contribution is 2.23. The minimum absolute atomic E-state index is 0.0586. The number of methoxy groups -OCH3 is 3. The number of carbonyl (C=O) groups is 1. The first-order chi connectivity index (χ1) is 17.0. The normalized spacial score (nSPS) is 11.7. The van der Waals surface area contributed by atoms with Crippen LogP contribution in [-0.4, -0.2) is 37.3 Å². The lowest BCUT2D eigenvalue weighted by Gasteiger charge is -2.20. The Hall–Kier alpha value is -4.17. The number of nitrogens with one attached hydrogen (secondary N) is 2. The third kappa shape index (κ3) is 5.67. The summed E-state index contributed by atoms with van der Waals surface area (Å²) in [5.41, 5.74) is 2.70. The summed E-state index contributed by atoms with van der Waals surface area (Å²) >= 11 is 0. The van der Waals surface area contributed by atoms with Gasteiger partial charge >= 0.3 is 5.97 Å². The van der Waals surface area contributed by atoms with Gasteiger partial charge in [-0.1, -0.05) is 24.3 Å². The van der Waals surface area contributed by atoms with Crippen LogP contribution in [0.15, 0.2) is 71.5 Å². The predicted octanol–water partition coefficient (Wildman–Crippen LogP) is 3.80. The third-order valence-corrected chi connectivity index (χ3v) is 5.81. The van der Waals surface area contributed by atoms with Crippen LogP contribution in [0.2, 0.25) is 0 Å². The van der Waals surface area contributed by atoms with Crippen molar-refractivity contribution in [2.45, 2.75) is 19.0 Å². The number of aromatic nitrogens is 2. The summed E-state index contributed by atoms with van der Waals surface area (Å²) < 4.78 is 15.3. The van der Waals surface area contributed by atoms with E-state index in [4.69, 9.17) is 14.2 Å². The van der Waals surface area contributed by atoms with Crippen molar-refractivity contribution in [3.8, 4) is 11.5 Å². The summed E-state index contributed by atoms with van der Waals surface area (Å²) in [5.74, 6) is 1.57. The van der Waals surface area contributed by atoms with Gasteiger partial charge in [-0.25, -0.2) is 9.78 Å². The van der Waals surface area contributed by atoms with Gasteiger partial charge in [0.1, 0.15) is 17.3 Å². The molecule has 1 aromatic heterocycles. The van der Waals surface area contributed by atoms with Gasteiger partial charge in [0.2, 0.25) is 0 Å². The molecule has 2 N–H and O–H groups in total. The molecule has 0 spiro atoms. The molecule has 1 heterocycles. The average Bonchev–Trinajstić information content (AvgIpc) is 2.90. The summed E-state index contributed by atoms with van der Waals surface area (Å²) in [5, 5.41) is 3.92. The standard InChI is InChI=1S/C27H27N3O5/c1-33-20-9-4-17(5-10-20)14-23(18-6-11-21(34-2)12-7-18)28-16-25-29-24-15-19(27(32)35-3)8-13-22(24)26(31)30-25/h4-13,15,23,28H,14,16H2,1-3H3,(H,29,30,31)/t23-/m0/s1. The number of carbonyl (C=O) groups excluding carboxylic acids is 1. The van der Waals surface area contributed by atoms with Crippen LogP contribution < -0.4 is 20.3 Å². The number of rotatable bonds is 9. The topological polar surface area (TPSA) is 103 Å². The number of H-pyrrole nitrogens is 1. The molecule has 0 amide bonds. The molecule has 4 rings (SSSR count). The highest BCUT2D eigenvalue weighted by atomic mass is 16.5. The van der Waals surface area contributed by atoms with Gasteiger partial charge in [-0.15, -0.1) is 0 Å². The third-order valence-electron chi connectivity index (χ3n) is 5.81. The molecule has 0 aliphatic rings. The number of hydrogen-bond donors (Lipinski definition) is 2. The van der Waals surface area contributed by atoms with Gasteiger partial charge in [0, 0.05) is 6.04 Å². The molecule has 0 saturated carbocycles. The minimum atomic E-state index is -0.479. The Balaban J connectivity index is 1.60. The SMILES string of the molecule is COC(=O)c1ccc2c(=O)[nH]c(CN[C@@H](Cc3ccc(OC)cc3)c3ccc(OC)cc3)nc2c1. The van der Waals surface area contributed by atoms with E-state index in [9.17, 15) is 9.59 Å². The van der Waals surface area contributed by atoms with Crippen LogP contribution in [0.3, 0.4) is 0 Å². The molecule has 0 fully saturated rings. The van der Waals surface area contributed by atoms with Crippen molar-refractivity contribution in [3.05, 3.63) is 99.6 Å². The van der Waals surface area contributed by atoms with Crippen LogP contribution in [0.1, 0.15) is 33.4 Å². The summed E-state index contributed by atoms with van der Waals surface area (Å²) in [6, 6.07) is 20.4. The number of hydrogen-bond acceptors (Lipinski definition) is 7. The Bertz CT molecular complexity index is 1360. The molecule has 8 nitrogen and oxygen atoms in total. The number of aromatic amines is 1. The molecule has 180 valence electrons. The van der Waals surface area contributed by atoms with Crippen molar-refractivity contribution in [3.63, 3.8) is 0 Å². The predicted molar refractivity (Wildman–Crippen MR) is 133 cm³/mol. The van der Waals surface area contributed by atoms with Crippen molar-refractivity contribution in [2.75, 3.05) is 21.3 Å². The summed E-state index contributed by atoms with van der Waals surface area (Å²) in [7, 11) is 4.59. The fourth-order valence-corrected chi connectivity index (χ4v) is 3.88. The second-order valence-electron chi connectivity index (χ2n) is 7.99. The Morgan fingerprint density at radius 1 is 0.943 bits per heavy atom. The van der Waals surface area contributed by atoms with E-state index in [-0.39, 0.29) is 11.6 Å². The van der Waals surface area contributed by atoms with Gasteiger partial charge in [0.05, 0.1) is 44.3 Å². The maximum Gasteiger partial charge on any atom is 0.337 e. The lowest BCUT2D eigenvalue weighted by Crippen LogP contribution is -2.25. The van der Waals surface area contributed by atoms with Crippen molar-refractivity contribution in [1.82, 2.24) is 15.3 Å². The highest BCUT2D eigenvalue weighted by molar-refractivity contribution is 5.93. The summed E-state index contributed by atoms with van der Waals surface area (Å²) in [6.07, 6.45) is 0.709. The largest absolute Gasteiger partial charge is 0.497 e. The van der Waals surface area contributed by atoms with Crippen LogP contribution >= 0.6 is 0 Å². The molecule has 0 aliphatic carbocycles. The summed E-state index contributed by atoms with van der Waals surface area (Å²) in [4.78, 5) is 31.9. The first-order valence-corrected chi connectivity index (χ1v) is 11.1. The molecule has 35 heavy (non-hydrogen) atoms. The molecule has 4 aromatic rings. The zero-order valence-electron chi connectivity index (χ0n) is 19.8. The molecule has 0 radical (unpaired) electrons. The zero-order chi connectivity index (χ0) is 24.8. The Morgan fingerprint density at radius 3 is 2.23 bits per heavy atom. The maximum absolute atomic E-state index is 12.6. The Morgan fingerprint density at radius 2 is 1.60 bits per heavy atom. The monoisotopic (exact) mass is 473 g/mol. The van der Waals surface area contributed by atoms with E-state index in [1.807, 2.05) is 48.5 Å². The molecule has 3 aromatic carbocycles. The van der Waals surface area contributed by atoms with Gasteiger partial charge in [-0.3, -0.25) is 4.79 Å². The first kappa shape index (κ1) is 24.0. The van der Waals surface area contributed by atoms with Crippen molar-refractivity contribution in [1.29, 1.82) is 0 Å². The lowest BCUT2D eigenvalue weighted by molar-refractivity contribution is 0.0601. The van der Waals surface area contributed by atoms with Gasteiger partial charge in [-0.05, 0) is 60.0 Å². The molecular weight excluding hydrogens is 446 g/mol. The van der Waals surface area contributed by atoms with Gasteiger partial charge in [-0.2, -0.15) is 0 Å². The molecule has 0 unspecified atom stereocenters. The molecule has 0 aliphatic heterocycles. The van der Waals surface area contributed by atoms with Crippen LogP contribution in [-0.2, 0) is 17.7 Å². The number of esters is 1. The van der Waals surface area contributed by atoms with Gasteiger partial charge in [0.25, 0.3) is 5.56 Å². The van der Waals surface area contributed by atoms with E-state index >= 15 is 0 Å². The molecule has 1 atom stereocenters. The first-order valence-electron chi connectivity index (χ1n) is 11.1. The van der Waals surface area contributed by atoms with Crippen LogP contribution in [0, 0.1) is 0 Å². The Kier molecular flexibility index (Phi) is 7.42. The van der Waals surface area contributed by atoms with E-state index in [0.29, 0.717) is 35.3 Å². The second-order valence-corrected chi connectivity index (χ2v) is 7.99. The highest BCUT2D eigenvalue weighted by Gasteiger charge is 2.15. The van der Waals surface area contributed by atoms with Crippen molar-refractivity contribution >= 4 is 16.9 Å². The number of nitrogens with zero attached hydrogens (tertiary/aromatic N) is 1. The van der Waals surface area contributed by atoms with E-state index < -0.39 is 5.97 Å². The van der Waals surface area contributed by atoms with E-state index in [1.165, 1.54) is 7.11 Å². The van der Waals surface area contributed by atoms with Crippen LogP contribution in [0.4, 0.5) is 0 Å². The molecule has 0 saturated heterocycles. The Labute approximate surface area is 202 Å². The number of benzene rings is 3. The molecule has 0 bridgehead atoms. The quantitative estimate of drug-likeness (QED) is 0.357. The fourth-order valence-electron chi connectivity index (χ4n) is 3.88. The molecule has 8 heteroatoms. The van der Waals surface area contributed by atoms with Gasteiger partial charge in [0.15, 0.2) is 0 Å². The maximum atomic E-state index is 12.6. The van der Waals surface area contributed by atoms with Crippen molar-refractivity contribution in [2.24, 2.45) is 0 Å². The minimum Gasteiger partial charge on any atom is -0.497 e. The van der Waals surface area contributed by atoms with Gasteiger partial charge < -0.3 is 24.5 Å². The summed E-state index contributed by atoms with van der Waals surface area (Å²) in [6.45, 7) is 0.320. The number of fused-ring (bicyclic) bond motifs is 1.